The topological polar surface area (TPSA) is 82.0 Å². The first-order valence-electron chi connectivity index (χ1n) is 7.52. The first-order chi connectivity index (χ1) is 10.7. The Bertz CT molecular complexity index is 723. The zero-order chi connectivity index (χ0) is 15.5. The van der Waals surface area contributed by atoms with Gasteiger partial charge in [-0.2, -0.15) is 5.26 Å². The van der Waals surface area contributed by atoms with Gasteiger partial charge in [-0.25, -0.2) is 4.98 Å². The molecule has 0 atom stereocenters. The van der Waals surface area contributed by atoms with Gasteiger partial charge >= 0.3 is 5.97 Å². The van der Waals surface area contributed by atoms with Crippen LogP contribution in [0.3, 0.4) is 0 Å². The Kier molecular flexibility index (Phi) is 3.96. The third kappa shape index (κ3) is 2.75. The van der Waals surface area contributed by atoms with Gasteiger partial charge in [0.15, 0.2) is 0 Å². The van der Waals surface area contributed by atoms with Crippen LogP contribution in [0.25, 0.3) is 11.0 Å². The summed E-state index contributed by atoms with van der Waals surface area (Å²) in [4.78, 5) is 21.7. The third-order valence-corrected chi connectivity index (χ3v) is 4.01. The summed E-state index contributed by atoms with van der Waals surface area (Å²) in [6.45, 7) is 3.81. The van der Waals surface area contributed by atoms with E-state index in [-0.39, 0.29) is 11.9 Å². The number of imidazole rings is 1. The molecule has 114 valence electrons. The van der Waals surface area contributed by atoms with E-state index in [0.717, 1.165) is 42.9 Å². The number of hydrogen-bond donors (Lipinski definition) is 1. The number of piperidine rings is 1. The third-order valence-electron chi connectivity index (χ3n) is 4.01. The molecule has 22 heavy (non-hydrogen) atoms. The molecule has 0 amide bonds. The predicted octanol–water partition coefficient (Wildman–Crippen LogP) is 2.21. The van der Waals surface area contributed by atoms with E-state index in [1.54, 1.807) is 12.1 Å². The van der Waals surface area contributed by atoms with E-state index in [1.165, 1.54) is 0 Å². The zero-order valence-electron chi connectivity index (χ0n) is 12.5. The maximum atomic E-state index is 11.8. The molecule has 6 nitrogen and oxygen atoms in total. The molecule has 1 aliphatic rings. The summed E-state index contributed by atoms with van der Waals surface area (Å²) < 4.78 is 5.08. The number of nitrogens with one attached hydrogen (secondary N) is 1. The number of hydrogen-bond acceptors (Lipinski definition) is 5. The van der Waals surface area contributed by atoms with Crippen molar-refractivity contribution < 1.29 is 9.53 Å². The van der Waals surface area contributed by atoms with E-state index in [9.17, 15) is 4.79 Å². The van der Waals surface area contributed by atoms with E-state index in [1.807, 2.05) is 13.0 Å². The Hall–Kier alpha value is -2.55. The zero-order valence-corrected chi connectivity index (χ0v) is 12.5. The number of H-pyrrole nitrogens is 1. The standard InChI is InChI=1S/C16H18N4O2/c1-2-22-15(21)12-5-7-20(8-6-12)16-18-13-4-3-11(10-17)9-14(13)19-16/h3-4,9,12H,2,5-8H2,1H3,(H,18,19). The number of aromatic amines is 1. The summed E-state index contributed by atoms with van der Waals surface area (Å²) in [6.07, 6.45) is 1.55. The Labute approximate surface area is 128 Å². The molecule has 0 bridgehead atoms. The number of fused-ring (bicyclic) bond motifs is 1. The highest BCUT2D eigenvalue weighted by Gasteiger charge is 2.27. The Balaban J connectivity index is 1.71. The van der Waals surface area contributed by atoms with Crippen LogP contribution in [-0.4, -0.2) is 35.6 Å². The van der Waals surface area contributed by atoms with Crippen LogP contribution in [0.1, 0.15) is 25.3 Å². The van der Waals surface area contributed by atoms with Gasteiger partial charge in [0.25, 0.3) is 0 Å². The maximum Gasteiger partial charge on any atom is 0.309 e. The van der Waals surface area contributed by atoms with Crippen molar-refractivity contribution in [3.63, 3.8) is 0 Å². The van der Waals surface area contributed by atoms with Gasteiger partial charge < -0.3 is 14.6 Å². The van der Waals surface area contributed by atoms with Gasteiger partial charge in [-0.1, -0.05) is 0 Å². The van der Waals surface area contributed by atoms with Crippen molar-refractivity contribution in [3.8, 4) is 6.07 Å². The highest BCUT2D eigenvalue weighted by atomic mass is 16.5. The Morgan fingerprint density at radius 3 is 2.95 bits per heavy atom. The fourth-order valence-electron chi connectivity index (χ4n) is 2.80. The van der Waals surface area contributed by atoms with Crippen molar-refractivity contribution in [2.75, 3.05) is 24.6 Å². The number of benzene rings is 1. The molecule has 6 heteroatoms. The smallest absolute Gasteiger partial charge is 0.309 e. The molecule has 1 aromatic carbocycles. The second kappa shape index (κ2) is 6.06. The Morgan fingerprint density at radius 2 is 2.27 bits per heavy atom. The summed E-state index contributed by atoms with van der Waals surface area (Å²) in [7, 11) is 0. The molecule has 2 heterocycles. The van der Waals surface area contributed by atoms with E-state index >= 15 is 0 Å². The molecule has 1 aromatic heterocycles. The average molecular weight is 298 g/mol. The van der Waals surface area contributed by atoms with Crippen molar-refractivity contribution >= 4 is 23.0 Å². The van der Waals surface area contributed by atoms with Crippen LogP contribution >= 0.6 is 0 Å². The predicted molar refractivity (Wildman–Crippen MR) is 82.4 cm³/mol. The van der Waals surface area contributed by atoms with Crippen molar-refractivity contribution in [2.24, 2.45) is 5.92 Å². The van der Waals surface area contributed by atoms with Gasteiger partial charge in [0.1, 0.15) is 0 Å². The number of carbonyl (C=O) groups is 1. The largest absolute Gasteiger partial charge is 0.466 e. The second-order valence-corrected chi connectivity index (χ2v) is 5.42. The lowest BCUT2D eigenvalue weighted by Crippen LogP contribution is -2.37. The molecule has 1 N–H and O–H groups in total. The minimum absolute atomic E-state index is 0.00855. The summed E-state index contributed by atoms with van der Waals surface area (Å²) in [5.74, 6) is 0.698. The summed E-state index contributed by atoms with van der Waals surface area (Å²) in [6, 6.07) is 7.54. The molecule has 0 aliphatic carbocycles. The highest BCUT2D eigenvalue weighted by molar-refractivity contribution is 5.79. The molecule has 3 rings (SSSR count). The van der Waals surface area contributed by atoms with Crippen molar-refractivity contribution in [2.45, 2.75) is 19.8 Å². The van der Waals surface area contributed by atoms with Crippen molar-refractivity contribution in [1.82, 2.24) is 9.97 Å². The first kappa shape index (κ1) is 14.4. The SMILES string of the molecule is CCOC(=O)C1CCN(c2nc3ccc(C#N)cc3[nH]2)CC1. The number of ether oxygens (including phenoxy) is 1. The van der Waals surface area contributed by atoms with E-state index < -0.39 is 0 Å². The molecule has 0 radical (unpaired) electrons. The molecule has 0 saturated carbocycles. The van der Waals surface area contributed by atoms with Gasteiger partial charge in [-0.3, -0.25) is 4.79 Å². The second-order valence-electron chi connectivity index (χ2n) is 5.42. The molecule has 1 fully saturated rings. The number of carbonyl (C=O) groups excluding carboxylic acids is 1. The molecule has 1 aliphatic heterocycles. The summed E-state index contributed by atoms with van der Waals surface area (Å²) >= 11 is 0. The fraction of sp³-hybridized carbons (Fsp3) is 0.438. The number of nitrogens with zero attached hydrogens (tertiary/aromatic N) is 3. The van der Waals surface area contributed by atoms with Crippen LogP contribution < -0.4 is 4.90 Å². The van der Waals surface area contributed by atoms with Gasteiger partial charge in [-0.15, -0.1) is 0 Å². The van der Waals surface area contributed by atoms with E-state index in [2.05, 4.69) is 20.9 Å². The van der Waals surface area contributed by atoms with E-state index in [0.29, 0.717) is 12.2 Å². The van der Waals surface area contributed by atoms with Crippen molar-refractivity contribution in [1.29, 1.82) is 5.26 Å². The lowest BCUT2D eigenvalue weighted by Gasteiger charge is -2.30. The van der Waals surface area contributed by atoms with Gasteiger partial charge in [0.2, 0.25) is 5.95 Å². The van der Waals surface area contributed by atoms with Gasteiger partial charge in [0, 0.05) is 13.1 Å². The van der Waals surface area contributed by atoms with E-state index in [4.69, 9.17) is 10.00 Å². The van der Waals surface area contributed by atoms with Crippen LogP contribution in [0.2, 0.25) is 0 Å². The molecular weight excluding hydrogens is 280 g/mol. The number of esters is 1. The molecular formula is C16H18N4O2. The number of anilines is 1. The normalized spacial score (nSPS) is 15.7. The minimum Gasteiger partial charge on any atom is -0.466 e. The van der Waals surface area contributed by atoms with Gasteiger partial charge in [0.05, 0.1) is 35.2 Å². The highest BCUT2D eigenvalue weighted by Crippen LogP contribution is 2.24. The molecule has 2 aromatic rings. The van der Waals surface area contributed by atoms with Crippen LogP contribution in [0.4, 0.5) is 5.95 Å². The quantitative estimate of drug-likeness (QED) is 0.879. The number of aromatic nitrogens is 2. The minimum atomic E-state index is -0.0922. The monoisotopic (exact) mass is 298 g/mol. The lowest BCUT2D eigenvalue weighted by atomic mass is 9.97. The van der Waals surface area contributed by atoms with Crippen LogP contribution in [0.5, 0.6) is 0 Å². The van der Waals surface area contributed by atoms with Crippen molar-refractivity contribution in [3.05, 3.63) is 23.8 Å². The lowest BCUT2D eigenvalue weighted by molar-refractivity contribution is -0.148. The molecule has 0 spiro atoms. The van der Waals surface area contributed by atoms with Crippen LogP contribution in [0.15, 0.2) is 18.2 Å². The molecule has 0 unspecified atom stereocenters. The van der Waals surface area contributed by atoms with Gasteiger partial charge in [-0.05, 0) is 38.0 Å². The maximum absolute atomic E-state index is 11.8. The number of rotatable bonds is 3. The first-order valence-corrected chi connectivity index (χ1v) is 7.52. The summed E-state index contributed by atoms with van der Waals surface area (Å²) in [5, 5.41) is 8.94. The van der Waals surface area contributed by atoms with Crippen LogP contribution in [0, 0.1) is 17.2 Å². The average Bonchev–Trinajstić information content (AvgIpc) is 2.98. The van der Waals surface area contributed by atoms with Crippen LogP contribution in [-0.2, 0) is 9.53 Å². The number of nitriles is 1. The fourth-order valence-corrected chi connectivity index (χ4v) is 2.80. The molecule has 1 saturated heterocycles. The Morgan fingerprint density at radius 1 is 1.50 bits per heavy atom. The summed E-state index contributed by atoms with van der Waals surface area (Å²) in [5.41, 5.74) is 2.33.